The third-order valence-corrected chi connectivity index (χ3v) is 6.43. The van der Waals surface area contributed by atoms with Crippen LogP contribution in [-0.2, 0) is 0 Å². The number of hydrogen-bond donors (Lipinski definition) is 1. The smallest absolute Gasteiger partial charge is 0.0499 e. The van der Waals surface area contributed by atoms with Gasteiger partial charge in [0.15, 0.2) is 0 Å². The van der Waals surface area contributed by atoms with Crippen LogP contribution in [0.25, 0.3) is 0 Å². The minimum atomic E-state index is 0.302. The van der Waals surface area contributed by atoms with Gasteiger partial charge in [-0.1, -0.05) is 6.42 Å². The van der Waals surface area contributed by atoms with E-state index in [4.69, 9.17) is 5.73 Å². The molecule has 4 fully saturated rings. The molecule has 0 bridgehead atoms. The highest BCUT2D eigenvalue weighted by Crippen LogP contribution is 2.39. The van der Waals surface area contributed by atoms with Crippen molar-refractivity contribution in [2.24, 2.45) is 5.73 Å². The van der Waals surface area contributed by atoms with Crippen LogP contribution in [0.1, 0.15) is 38.5 Å². The van der Waals surface area contributed by atoms with Gasteiger partial charge in [-0.05, 0) is 38.6 Å². The third kappa shape index (κ3) is 2.12. The van der Waals surface area contributed by atoms with E-state index in [1.807, 2.05) is 0 Å². The number of nitrogens with zero attached hydrogens (tertiary/aromatic N) is 3. The summed E-state index contributed by atoms with van der Waals surface area (Å²) in [6, 6.07) is 1.68. The summed E-state index contributed by atoms with van der Waals surface area (Å²) in [5.74, 6) is 0. The van der Waals surface area contributed by atoms with Crippen LogP contribution >= 0.6 is 0 Å². The fourth-order valence-corrected chi connectivity index (χ4v) is 5.08. The standard InChI is InChI=1S/C16H30N4/c17-13-16(6-8-19-7-2-1-3-15(16)19)20-11-9-18(10-12-20)14-4-5-14/h14-15H,1-13,17H2. The van der Waals surface area contributed by atoms with E-state index < -0.39 is 0 Å². The Hall–Kier alpha value is -0.160. The zero-order chi connectivity index (χ0) is 13.6. The second-order valence-electron chi connectivity index (χ2n) is 7.36. The Bertz CT molecular complexity index is 348. The van der Waals surface area contributed by atoms with Crippen molar-refractivity contribution in [1.29, 1.82) is 0 Å². The van der Waals surface area contributed by atoms with Gasteiger partial charge in [0.25, 0.3) is 0 Å². The first kappa shape index (κ1) is 13.5. The first-order valence-electron chi connectivity index (χ1n) is 8.77. The molecule has 4 heteroatoms. The monoisotopic (exact) mass is 278 g/mol. The normalized spacial score (nSPS) is 41.0. The van der Waals surface area contributed by atoms with E-state index in [0.29, 0.717) is 5.54 Å². The number of nitrogens with two attached hydrogens (primary N) is 1. The lowest BCUT2D eigenvalue weighted by Gasteiger charge is -2.50. The van der Waals surface area contributed by atoms with Crippen molar-refractivity contribution in [2.75, 3.05) is 45.8 Å². The Morgan fingerprint density at radius 1 is 0.850 bits per heavy atom. The van der Waals surface area contributed by atoms with Crippen LogP contribution in [0.2, 0.25) is 0 Å². The van der Waals surface area contributed by atoms with Crippen LogP contribution in [0.15, 0.2) is 0 Å². The molecule has 114 valence electrons. The van der Waals surface area contributed by atoms with Crippen LogP contribution in [0, 0.1) is 0 Å². The first-order valence-corrected chi connectivity index (χ1v) is 8.77. The molecule has 2 atom stereocenters. The molecule has 2 N–H and O–H groups in total. The number of rotatable bonds is 3. The zero-order valence-corrected chi connectivity index (χ0v) is 12.8. The molecule has 0 amide bonds. The molecule has 3 saturated heterocycles. The van der Waals surface area contributed by atoms with Crippen LogP contribution in [0.5, 0.6) is 0 Å². The van der Waals surface area contributed by atoms with E-state index in [0.717, 1.165) is 18.6 Å². The summed E-state index contributed by atoms with van der Waals surface area (Å²) in [4.78, 5) is 8.24. The number of piperidine rings is 1. The van der Waals surface area contributed by atoms with E-state index in [9.17, 15) is 0 Å². The Morgan fingerprint density at radius 2 is 1.65 bits per heavy atom. The molecule has 4 rings (SSSR count). The van der Waals surface area contributed by atoms with Gasteiger partial charge in [-0.2, -0.15) is 0 Å². The molecule has 4 aliphatic rings. The van der Waals surface area contributed by atoms with E-state index >= 15 is 0 Å². The number of piperazine rings is 1. The summed E-state index contributed by atoms with van der Waals surface area (Å²) >= 11 is 0. The molecule has 0 radical (unpaired) electrons. The van der Waals surface area contributed by atoms with E-state index in [-0.39, 0.29) is 0 Å². The van der Waals surface area contributed by atoms with Crippen molar-refractivity contribution in [3.05, 3.63) is 0 Å². The lowest BCUT2D eigenvalue weighted by atomic mass is 9.83. The predicted molar refractivity (Wildman–Crippen MR) is 81.8 cm³/mol. The molecular weight excluding hydrogens is 248 g/mol. The summed E-state index contributed by atoms with van der Waals surface area (Å²) in [5.41, 5.74) is 6.63. The maximum atomic E-state index is 6.33. The molecular formula is C16H30N4. The number of fused-ring (bicyclic) bond motifs is 1. The zero-order valence-electron chi connectivity index (χ0n) is 12.8. The lowest BCUT2D eigenvalue weighted by Crippen LogP contribution is -2.65. The van der Waals surface area contributed by atoms with Crippen molar-refractivity contribution in [3.63, 3.8) is 0 Å². The van der Waals surface area contributed by atoms with Gasteiger partial charge in [0, 0.05) is 56.9 Å². The van der Waals surface area contributed by atoms with Gasteiger partial charge >= 0.3 is 0 Å². The second-order valence-corrected chi connectivity index (χ2v) is 7.36. The quantitative estimate of drug-likeness (QED) is 0.825. The van der Waals surface area contributed by atoms with Gasteiger partial charge < -0.3 is 5.73 Å². The average molecular weight is 278 g/mol. The van der Waals surface area contributed by atoms with Crippen LogP contribution in [0.4, 0.5) is 0 Å². The Balaban J connectivity index is 1.47. The van der Waals surface area contributed by atoms with Gasteiger partial charge in [-0.25, -0.2) is 0 Å². The summed E-state index contributed by atoms with van der Waals surface area (Å²) < 4.78 is 0. The lowest BCUT2D eigenvalue weighted by molar-refractivity contribution is 0.00114. The minimum Gasteiger partial charge on any atom is -0.329 e. The largest absolute Gasteiger partial charge is 0.329 e. The van der Waals surface area contributed by atoms with E-state index in [2.05, 4.69) is 14.7 Å². The Kier molecular flexibility index (Phi) is 3.53. The van der Waals surface area contributed by atoms with E-state index in [1.165, 1.54) is 77.8 Å². The summed E-state index contributed by atoms with van der Waals surface area (Å²) in [6.07, 6.45) is 8.37. The van der Waals surface area contributed by atoms with Crippen LogP contribution in [0.3, 0.4) is 0 Å². The van der Waals surface area contributed by atoms with Crippen molar-refractivity contribution in [2.45, 2.75) is 56.1 Å². The fourth-order valence-electron chi connectivity index (χ4n) is 5.08. The van der Waals surface area contributed by atoms with Gasteiger partial charge in [0.05, 0.1) is 0 Å². The molecule has 0 spiro atoms. The second kappa shape index (κ2) is 5.24. The Labute approximate surface area is 123 Å². The predicted octanol–water partition coefficient (Wildman–Crippen LogP) is 0.722. The molecule has 3 aliphatic heterocycles. The van der Waals surface area contributed by atoms with Crippen molar-refractivity contribution < 1.29 is 0 Å². The molecule has 20 heavy (non-hydrogen) atoms. The topological polar surface area (TPSA) is 35.7 Å². The molecule has 3 heterocycles. The van der Waals surface area contributed by atoms with Crippen molar-refractivity contribution >= 4 is 0 Å². The SMILES string of the molecule is NCC1(N2CCN(C3CC3)CC2)CCN2CCCCC21. The highest BCUT2D eigenvalue weighted by molar-refractivity contribution is 5.09. The third-order valence-electron chi connectivity index (χ3n) is 6.43. The molecule has 4 nitrogen and oxygen atoms in total. The van der Waals surface area contributed by atoms with E-state index in [1.54, 1.807) is 0 Å². The molecule has 1 aliphatic carbocycles. The van der Waals surface area contributed by atoms with Gasteiger partial charge in [0.2, 0.25) is 0 Å². The van der Waals surface area contributed by atoms with Crippen molar-refractivity contribution in [1.82, 2.24) is 14.7 Å². The van der Waals surface area contributed by atoms with Gasteiger partial charge in [0.1, 0.15) is 0 Å². The maximum absolute atomic E-state index is 6.33. The minimum absolute atomic E-state index is 0.302. The Morgan fingerprint density at radius 3 is 2.35 bits per heavy atom. The molecule has 2 unspecified atom stereocenters. The summed E-state index contributed by atoms with van der Waals surface area (Å²) in [5, 5.41) is 0. The highest BCUT2D eigenvalue weighted by atomic mass is 15.4. The molecule has 0 aromatic heterocycles. The van der Waals surface area contributed by atoms with Crippen molar-refractivity contribution in [3.8, 4) is 0 Å². The number of hydrogen-bond acceptors (Lipinski definition) is 4. The highest BCUT2D eigenvalue weighted by Gasteiger charge is 2.51. The first-order chi connectivity index (χ1) is 9.83. The summed E-state index contributed by atoms with van der Waals surface area (Å²) in [6.45, 7) is 8.51. The van der Waals surface area contributed by atoms with Gasteiger partial charge in [-0.15, -0.1) is 0 Å². The molecule has 0 aromatic rings. The van der Waals surface area contributed by atoms with Crippen LogP contribution < -0.4 is 5.73 Å². The molecule has 0 aromatic carbocycles. The summed E-state index contributed by atoms with van der Waals surface area (Å²) in [7, 11) is 0. The van der Waals surface area contributed by atoms with Crippen LogP contribution in [-0.4, -0.2) is 78.1 Å². The maximum Gasteiger partial charge on any atom is 0.0499 e. The fraction of sp³-hybridized carbons (Fsp3) is 1.00. The molecule has 1 saturated carbocycles. The van der Waals surface area contributed by atoms with Gasteiger partial charge in [-0.3, -0.25) is 14.7 Å². The average Bonchev–Trinajstić information content (AvgIpc) is 3.29.